The zero-order valence-electron chi connectivity index (χ0n) is 17.7. The lowest BCUT2D eigenvalue weighted by Gasteiger charge is -1.94. The summed E-state index contributed by atoms with van der Waals surface area (Å²) in [7, 11) is 0. The number of rotatable bonds is 3. The minimum atomic E-state index is -0.333. The molecule has 0 aliphatic rings. The van der Waals surface area contributed by atoms with Gasteiger partial charge in [0.25, 0.3) is 0 Å². The Hall–Kier alpha value is -1.63. The fourth-order valence-corrected chi connectivity index (χ4v) is 1.29. The lowest BCUT2D eigenvalue weighted by atomic mass is 10.1. The van der Waals surface area contributed by atoms with Crippen LogP contribution in [0.5, 0.6) is 0 Å². The second-order valence-electron chi connectivity index (χ2n) is 4.44. The molecule has 24 heavy (non-hydrogen) atoms. The van der Waals surface area contributed by atoms with Crippen molar-refractivity contribution in [3.8, 4) is 0 Å². The lowest BCUT2D eigenvalue weighted by Crippen LogP contribution is -1.77. The molecule has 0 unspecified atom stereocenters. The van der Waals surface area contributed by atoms with Crippen molar-refractivity contribution in [3.05, 3.63) is 72.1 Å². The van der Waals surface area contributed by atoms with Crippen LogP contribution in [-0.2, 0) is 6.42 Å². The summed E-state index contributed by atoms with van der Waals surface area (Å²) in [4.78, 5) is 0. The SMILES string of the molecule is C=C(C)F.C=C/C(=C\C)CC.CC.CC.CCc1ccc(C)cc1. The van der Waals surface area contributed by atoms with E-state index >= 15 is 0 Å². The number of allylic oxidation sites excluding steroid dienone is 4. The zero-order valence-corrected chi connectivity index (χ0v) is 17.7. The molecule has 140 valence electrons. The van der Waals surface area contributed by atoms with Crippen LogP contribution in [0.4, 0.5) is 4.39 Å². The maximum absolute atomic E-state index is 10.8. The van der Waals surface area contributed by atoms with Gasteiger partial charge in [-0.2, -0.15) is 0 Å². The van der Waals surface area contributed by atoms with Crippen LogP contribution in [-0.4, -0.2) is 0 Å². The summed E-state index contributed by atoms with van der Waals surface area (Å²) in [6.07, 6.45) is 6.20. The average molecular weight is 337 g/mol. The Bertz CT molecular complexity index is 393. The Morgan fingerprint density at radius 1 is 1.04 bits per heavy atom. The van der Waals surface area contributed by atoms with Crippen LogP contribution < -0.4 is 0 Å². The van der Waals surface area contributed by atoms with Gasteiger partial charge in [-0.05, 0) is 39.2 Å². The molecule has 0 saturated heterocycles. The van der Waals surface area contributed by atoms with Crippen molar-refractivity contribution in [2.45, 2.75) is 75.2 Å². The van der Waals surface area contributed by atoms with E-state index in [0.717, 1.165) is 12.8 Å². The number of aryl methyl sites for hydroxylation is 2. The molecule has 1 aromatic carbocycles. The highest BCUT2D eigenvalue weighted by Gasteiger charge is 1.84. The first-order valence-electron chi connectivity index (χ1n) is 9.05. The van der Waals surface area contributed by atoms with Gasteiger partial charge in [-0.25, -0.2) is 4.39 Å². The van der Waals surface area contributed by atoms with E-state index in [9.17, 15) is 4.39 Å². The summed E-state index contributed by atoms with van der Waals surface area (Å²) in [5, 5.41) is 0. The van der Waals surface area contributed by atoms with Gasteiger partial charge in [0.15, 0.2) is 0 Å². The van der Waals surface area contributed by atoms with Crippen molar-refractivity contribution in [2.75, 3.05) is 0 Å². The highest BCUT2D eigenvalue weighted by Crippen LogP contribution is 2.02. The molecule has 1 heteroatoms. The van der Waals surface area contributed by atoms with Crippen molar-refractivity contribution in [1.29, 1.82) is 0 Å². The smallest absolute Gasteiger partial charge is 0.0897 e. The van der Waals surface area contributed by atoms with Crippen LogP contribution in [0.25, 0.3) is 0 Å². The van der Waals surface area contributed by atoms with Gasteiger partial charge in [0.1, 0.15) is 0 Å². The Morgan fingerprint density at radius 3 is 1.58 bits per heavy atom. The van der Waals surface area contributed by atoms with Gasteiger partial charge in [-0.1, -0.05) is 102 Å². The minimum Gasteiger partial charge on any atom is -0.213 e. The van der Waals surface area contributed by atoms with Gasteiger partial charge in [0, 0.05) is 0 Å². The van der Waals surface area contributed by atoms with Crippen molar-refractivity contribution >= 4 is 0 Å². The van der Waals surface area contributed by atoms with Gasteiger partial charge < -0.3 is 0 Å². The molecule has 0 nitrogen and oxygen atoms in total. The van der Waals surface area contributed by atoms with Crippen LogP contribution >= 0.6 is 0 Å². The van der Waals surface area contributed by atoms with Crippen molar-refractivity contribution in [1.82, 2.24) is 0 Å². The third-order valence-corrected chi connectivity index (χ3v) is 2.57. The highest BCUT2D eigenvalue weighted by atomic mass is 19.1. The molecule has 0 heterocycles. The monoisotopic (exact) mass is 336 g/mol. The third-order valence-electron chi connectivity index (χ3n) is 2.57. The molecule has 0 saturated carbocycles. The molecule has 0 N–H and O–H groups in total. The molecule has 0 aliphatic carbocycles. The van der Waals surface area contributed by atoms with E-state index in [-0.39, 0.29) is 5.83 Å². The predicted molar refractivity (Wildman–Crippen MR) is 113 cm³/mol. The second kappa shape index (κ2) is 26.3. The van der Waals surface area contributed by atoms with E-state index < -0.39 is 0 Å². The molecule has 0 atom stereocenters. The van der Waals surface area contributed by atoms with E-state index in [1.165, 1.54) is 23.6 Å². The molecule has 0 aromatic heterocycles. The molecule has 0 spiro atoms. The van der Waals surface area contributed by atoms with Crippen molar-refractivity contribution < 1.29 is 4.39 Å². The Balaban J connectivity index is -0.000000119. The van der Waals surface area contributed by atoms with E-state index in [1.54, 1.807) is 0 Å². The van der Waals surface area contributed by atoms with Crippen molar-refractivity contribution in [2.24, 2.45) is 0 Å². The second-order valence-corrected chi connectivity index (χ2v) is 4.44. The molecule has 0 amide bonds. The topological polar surface area (TPSA) is 0 Å². The first kappa shape index (κ1) is 30.3. The first-order chi connectivity index (χ1) is 11.4. The summed E-state index contributed by atoms with van der Waals surface area (Å²) in [5.74, 6) is -0.333. The van der Waals surface area contributed by atoms with Crippen molar-refractivity contribution in [3.63, 3.8) is 0 Å². The van der Waals surface area contributed by atoms with Gasteiger partial charge in [-0.3, -0.25) is 0 Å². The molecule has 0 bridgehead atoms. The molecular formula is C23H41F. The van der Waals surface area contributed by atoms with Gasteiger partial charge >= 0.3 is 0 Å². The van der Waals surface area contributed by atoms with E-state index in [4.69, 9.17) is 0 Å². The number of hydrogen-bond donors (Lipinski definition) is 0. The molecular weight excluding hydrogens is 295 g/mol. The lowest BCUT2D eigenvalue weighted by molar-refractivity contribution is 0.645. The molecule has 0 fully saturated rings. The van der Waals surface area contributed by atoms with E-state index in [1.807, 2.05) is 40.7 Å². The number of hydrogen-bond acceptors (Lipinski definition) is 0. The van der Waals surface area contributed by atoms with Crippen LogP contribution in [0.2, 0.25) is 0 Å². The van der Waals surface area contributed by atoms with E-state index in [2.05, 4.69) is 64.3 Å². The summed E-state index contributed by atoms with van der Waals surface area (Å²) in [6, 6.07) is 8.66. The van der Waals surface area contributed by atoms with Gasteiger partial charge in [0.2, 0.25) is 0 Å². The first-order valence-corrected chi connectivity index (χ1v) is 9.05. The van der Waals surface area contributed by atoms with Crippen LogP contribution in [0, 0.1) is 6.92 Å². The number of halogens is 1. The maximum Gasteiger partial charge on any atom is 0.0897 e. The number of benzene rings is 1. The van der Waals surface area contributed by atoms with Gasteiger partial charge in [0.05, 0.1) is 5.83 Å². The summed E-state index contributed by atoms with van der Waals surface area (Å²) in [5.41, 5.74) is 4.08. The normalized spacial score (nSPS) is 8.50. The average Bonchev–Trinajstić information content (AvgIpc) is 2.61. The van der Waals surface area contributed by atoms with E-state index in [0.29, 0.717) is 0 Å². The predicted octanol–water partition coefficient (Wildman–Crippen LogP) is 8.63. The molecule has 0 aliphatic heterocycles. The van der Waals surface area contributed by atoms with Crippen LogP contribution in [0.1, 0.15) is 72.9 Å². The fraction of sp³-hybridized carbons (Fsp3) is 0.478. The van der Waals surface area contributed by atoms with Crippen LogP contribution in [0.15, 0.2) is 61.0 Å². The molecule has 0 radical (unpaired) electrons. The van der Waals surface area contributed by atoms with Gasteiger partial charge in [-0.15, -0.1) is 0 Å². The quantitative estimate of drug-likeness (QED) is 0.484. The Labute approximate surface area is 152 Å². The highest BCUT2D eigenvalue weighted by molar-refractivity contribution is 5.20. The largest absolute Gasteiger partial charge is 0.213 e. The fourth-order valence-electron chi connectivity index (χ4n) is 1.29. The summed E-state index contributed by atoms with van der Waals surface area (Å²) in [6.45, 7) is 24.3. The van der Waals surface area contributed by atoms with Crippen LogP contribution in [0.3, 0.4) is 0 Å². The Morgan fingerprint density at radius 2 is 1.42 bits per heavy atom. The zero-order chi connectivity index (χ0) is 20.0. The molecule has 1 aromatic rings. The standard InChI is InChI=1S/C9H12.C7H12.C3H5F.2C2H6/c1-3-9-6-4-8(2)5-7-9;1-4-7(5-2)6-3;1-3(2)4;2*1-2/h4-7H,3H2,1-2H3;4-5H,1,6H2,2-3H3;1H2,2H3;2*1-2H3/b;7-5+;;;. The Kier molecular flexibility index (Phi) is 33.1. The summed E-state index contributed by atoms with van der Waals surface area (Å²) >= 11 is 0. The summed E-state index contributed by atoms with van der Waals surface area (Å²) < 4.78 is 10.8. The maximum atomic E-state index is 10.8. The minimum absolute atomic E-state index is 0.333. The third kappa shape index (κ3) is 28.5. The molecule has 1 rings (SSSR count).